The number of carbonyl (C=O) groups excluding carboxylic acids is 3. The lowest BCUT2D eigenvalue weighted by Crippen LogP contribution is -2.65. The van der Waals surface area contributed by atoms with Gasteiger partial charge in [0.05, 0.1) is 0 Å². The minimum absolute atomic E-state index is 0.0339. The minimum atomic E-state index is -1.16. The molecule has 0 atom stereocenters. The molecule has 36 heavy (non-hydrogen) atoms. The minimum Gasteiger partial charge on any atom is -0.350 e. The number of hydrogen-bond donors (Lipinski definition) is 1. The Bertz CT molecular complexity index is 1220. The van der Waals surface area contributed by atoms with E-state index in [0.717, 1.165) is 15.6 Å². The summed E-state index contributed by atoms with van der Waals surface area (Å²) in [6, 6.07) is 24.5. The van der Waals surface area contributed by atoms with Crippen LogP contribution in [0.15, 0.2) is 83.3 Å². The third-order valence-electron chi connectivity index (χ3n) is 6.77. The molecule has 7 heteroatoms. The van der Waals surface area contributed by atoms with E-state index in [4.69, 9.17) is 0 Å². The highest BCUT2D eigenvalue weighted by Crippen LogP contribution is 2.36. The summed E-state index contributed by atoms with van der Waals surface area (Å²) in [5.41, 5.74) is 2.01. The highest BCUT2D eigenvalue weighted by atomic mass is 79.9. The molecule has 6 nitrogen and oxygen atoms in total. The van der Waals surface area contributed by atoms with E-state index < -0.39 is 5.54 Å². The Balaban J connectivity index is 1.77. The van der Waals surface area contributed by atoms with E-state index in [9.17, 15) is 14.4 Å². The van der Waals surface area contributed by atoms with Crippen molar-refractivity contribution in [2.45, 2.75) is 38.8 Å². The molecule has 186 valence electrons. The van der Waals surface area contributed by atoms with Gasteiger partial charge in [0, 0.05) is 42.3 Å². The van der Waals surface area contributed by atoms with Gasteiger partial charge >= 0.3 is 0 Å². The first-order valence-electron chi connectivity index (χ1n) is 12.0. The van der Waals surface area contributed by atoms with Crippen LogP contribution < -0.4 is 10.2 Å². The number of rotatable bonds is 6. The lowest BCUT2D eigenvalue weighted by atomic mass is 9.83. The third kappa shape index (κ3) is 5.51. The molecular weight excluding hydrogens is 518 g/mol. The molecular formula is C29H30BrN3O3. The average Bonchev–Trinajstić information content (AvgIpc) is 2.89. The van der Waals surface area contributed by atoms with Crippen LogP contribution in [-0.2, 0) is 16.1 Å². The topological polar surface area (TPSA) is 69.7 Å². The predicted molar refractivity (Wildman–Crippen MR) is 145 cm³/mol. The number of amides is 3. The van der Waals surface area contributed by atoms with Crippen LogP contribution in [0.5, 0.6) is 0 Å². The van der Waals surface area contributed by atoms with Crippen LogP contribution in [0, 0.1) is 6.92 Å². The van der Waals surface area contributed by atoms with E-state index in [1.54, 1.807) is 21.9 Å². The normalized spacial score (nSPS) is 14.7. The van der Waals surface area contributed by atoms with Gasteiger partial charge < -0.3 is 10.2 Å². The first kappa shape index (κ1) is 25.6. The van der Waals surface area contributed by atoms with Gasteiger partial charge in [-0.05, 0) is 61.7 Å². The van der Waals surface area contributed by atoms with Gasteiger partial charge in [0.2, 0.25) is 11.8 Å². The summed E-state index contributed by atoms with van der Waals surface area (Å²) in [6.45, 7) is 4.64. The zero-order valence-electron chi connectivity index (χ0n) is 20.5. The van der Waals surface area contributed by atoms with Crippen molar-refractivity contribution in [1.29, 1.82) is 0 Å². The number of nitrogens with one attached hydrogen (secondary N) is 1. The van der Waals surface area contributed by atoms with Gasteiger partial charge in [-0.25, -0.2) is 0 Å². The van der Waals surface area contributed by atoms with Gasteiger partial charge in [-0.15, -0.1) is 0 Å². The largest absolute Gasteiger partial charge is 0.350 e. The lowest BCUT2D eigenvalue weighted by Gasteiger charge is -2.47. The Morgan fingerprint density at radius 3 is 2.11 bits per heavy atom. The quantitative estimate of drug-likeness (QED) is 0.466. The molecule has 3 aromatic rings. The van der Waals surface area contributed by atoms with Crippen molar-refractivity contribution in [2.75, 3.05) is 18.0 Å². The highest BCUT2D eigenvalue weighted by Gasteiger charge is 2.49. The SMILES string of the molecule is CC(=O)N1CCC(C(=O)NCc2ccccc2)(N(C(=O)c2ccc(C)cc2)c2ccc(Br)cc2)CC1. The standard InChI is InChI=1S/C29H30BrN3O3/c1-21-8-10-24(11-9-21)27(35)33(26-14-12-25(30)13-15-26)29(16-18-32(19-17-29)22(2)34)28(36)31-20-23-6-4-3-5-7-23/h3-15H,16-20H2,1-2H3,(H,31,36). The van der Waals surface area contributed by atoms with Crippen LogP contribution in [-0.4, -0.2) is 41.2 Å². The van der Waals surface area contributed by atoms with Crippen LogP contribution in [0.25, 0.3) is 0 Å². The molecule has 1 saturated heterocycles. The summed E-state index contributed by atoms with van der Waals surface area (Å²) in [5.74, 6) is -0.505. The highest BCUT2D eigenvalue weighted by molar-refractivity contribution is 9.10. The molecule has 3 aromatic carbocycles. The molecule has 0 aromatic heterocycles. The fourth-order valence-corrected chi connectivity index (χ4v) is 4.92. The van der Waals surface area contributed by atoms with E-state index >= 15 is 0 Å². The molecule has 0 saturated carbocycles. The van der Waals surface area contributed by atoms with Crippen molar-refractivity contribution < 1.29 is 14.4 Å². The summed E-state index contributed by atoms with van der Waals surface area (Å²) in [5, 5.41) is 3.09. The molecule has 0 bridgehead atoms. The van der Waals surface area contributed by atoms with Gasteiger partial charge in [0.1, 0.15) is 5.54 Å². The molecule has 1 aliphatic rings. The van der Waals surface area contributed by atoms with Gasteiger partial charge in [-0.2, -0.15) is 0 Å². The molecule has 0 spiro atoms. The maximum absolute atomic E-state index is 14.1. The van der Waals surface area contributed by atoms with E-state index in [2.05, 4.69) is 21.2 Å². The predicted octanol–water partition coefficient (Wildman–Crippen LogP) is 5.10. The summed E-state index contributed by atoms with van der Waals surface area (Å²) in [7, 11) is 0. The lowest BCUT2D eigenvalue weighted by molar-refractivity contribution is -0.135. The molecule has 0 unspecified atom stereocenters. The second kappa shape index (κ2) is 11.1. The molecule has 1 heterocycles. The van der Waals surface area contributed by atoms with Crippen molar-refractivity contribution in [3.63, 3.8) is 0 Å². The molecule has 3 amide bonds. The molecule has 1 N–H and O–H groups in total. The van der Waals surface area contributed by atoms with E-state index in [-0.39, 0.29) is 17.7 Å². The second-order valence-corrected chi connectivity index (χ2v) is 10.1. The monoisotopic (exact) mass is 547 g/mol. The Hall–Kier alpha value is -3.45. The first-order chi connectivity index (χ1) is 17.3. The van der Waals surface area contributed by atoms with Gasteiger partial charge in [-0.3, -0.25) is 19.3 Å². The summed E-state index contributed by atoms with van der Waals surface area (Å²) < 4.78 is 0.878. The van der Waals surface area contributed by atoms with Crippen molar-refractivity contribution >= 4 is 39.3 Å². The van der Waals surface area contributed by atoms with Crippen molar-refractivity contribution in [1.82, 2.24) is 10.2 Å². The number of likely N-dealkylation sites (tertiary alicyclic amines) is 1. The average molecular weight is 548 g/mol. The summed E-state index contributed by atoms with van der Waals surface area (Å²) in [6.07, 6.45) is 0.668. The van der Waals surface area contributed by atoms with Crippen LogP contribution in [0.1, 0.15) is 41.3 Å². The summed E-state index contributed by atoms with van der Waals surface area (Å²) >= 11 is 3.47. The van der Waals surface area contributed by atoms with Gasteiger partial charge in [0.15, 0.2) is 0 Å². The smallest absolute Gasteiger partial charge is 0.259 e. The van der Waals surface area contributed by atoms with Crippen LogP contribution in [0.4, 0.5) is 5.69 Å². The molecule has 1 aliphatic heterocycles. The molecule has 0 radical (unpaired) electrons. The number of hydrogen-bond acceptors (Lipinski definition) is 3. The first-order valence-corrected chi connectivity index (χ1v) is 12.8. The maximum atomic E-state index is 14.1. The number of anilines is 1. The fraction of sp³-hybridized carbons (Fsp3) is 0.276. The maximum Gasteiger partial charge on any atom is 0.259 e. The van der Waals surface area contributed by atoms with Crippen molar-refractivity contribution in [3.05, 3.63) is 100 Å². The molecule has 0 aliphatic carbocycles. The Morgan fingerprint density at radius 1 is 0.917 bits per heavy atom. The van der Waals surface area contributed by atoms with Gasteiger partial charge in [0.25, 0.3) is 5.91 Å². The van der Waals surface area contributed by atoms with E-state index in [1.807, 2.05) is 73.7 Å². The van der Waals surface area contributed by atoms with Crippen molar-refractivity contribution in [3.8, 4) is 0 Å². The van der Waals surface area contributed by atoms with E-state index in [1.165, 1.54) is 6.92 Å². The molecule has 1 fully saturated rings. The zero-order chi connectivity index (χ0) is 25.7. The van der Waals surface area contributed by atoms with Crippen LogP contribution in [0.2, 0.25) is 0 Å². The van der Waals surface area contributed by atoms with Gasteiger partial charge in [-0.1, -0.05) is 64.0 Å². The Labute approximate surface area is 220 Å². The molecule has 4 rings (SSSR count). The van der Waals surface area contributed by atoms with Crippen LogP contribution in [0.3, 0.4) is 0 Å². The van der Waals surface area contributed by atoms with E-state index in [0.29, 0.717) is 43.7 Å². The third-order valence-corrected chi connectivity index (χ3v) is 7.30. The van der Waals surface area contributed by atoms with Crippen molar-refractivity contribution in [2.24, 2.45) is 0 Å². The number of halogens is 1. The Kier molecular flexibility index (Phi) is 7.89. The number of piperidine rings is 1. The zero-order valence-corrected chi connectivity index (χ0v) is 22.1. The number of carbonyl (C=O) groups is 3. The Morgan fingerprint density at radius 2 is 1.53 bits per heavy atom. The van der Waals surface area contributed by atoms with Crippen LogP contribution >= 0.6 is 15.9 Å². The number of aryl methyl sites for hydroxylation is 1. The summed E-state index contributed by atoms with van der Waals surface area (Å²) in [4.78, 5) is 43.6. The second-order valence-electron chi connectivity index (χ2n) is 9.19. The fourth-order valence-electron chi connectivity index (χ4n) is 4.66. The number of nitrogens with zero attached hydrogens (tertiary/aromatic N) is 2. The number of benzene rings is 3.